The number of hydrogen-bond acceptors (Lipinski definition) is 4. The van der Waals surface area contributed by atoms with Gasteiger partial charge in [0.15, 0.2) is 6.29 Å². The molecule has 5 nitrogen and oxygen atoms in total. The van der Waals surface area contributed by atoms with E-state index in [9.17, 15) is 9.90 Å². The third-order valence-electron chi connectivity index (χ3n) is 2.45. The molecule has 5 heteroatoms. The first kappa shape index (κ1) is 11.8. The van der Waals surface area contributed by atoms with Gasteiger partial charge in [-0.1, -0.05) is 25.5 Å². The Kier molecular flexibility index (Phi) is 4.42. The van der Waals surface area contributed by atoms with Crippen LogP contribution >= 0.6 is 0 Å². The van der Waals surface area contributed by atoms with Gasteiger partial charge >= 0.3 is 0 Å². The molecule has 0 amide bonds. The largest absolute Gasteiger partial charge is 0.394 e. The fraction of sp³-hybridized carbons (Fsp3) is 0.700. The van der Waals surface area contributed by atoms with E-state index in [4.69, 9.17) is 0 Å². The fourth-order valence-electron chi connectivity index (χ4n) is 1.57. The van der Waals surface area contributed by atoms with Gasteiger partial charge in [0.25, 0.3) is 0 Å². The summed E-state index contributed by atoms with van der Waals surface area (Å²) in [6, 6.07) is -0.0762. The monoisotopic (exact) mass is 211 g/mol. The number of nitrogens with zero attached hydrogens (tertiary/aromatic N) is 3. The van der Waals surface area contributed by atoms with Crippen LogP contribution in [0.2, 0.25) is 0 Å². The third kappa shape index (κ3) is 2.41. The van der Waals surface area contributed by atoms with Crippen LogP contribution in [0.25, 0.3) is 0 Å². The van der Waals surface area contributed by atoms with Crippen molar-refractivity contribution in [2.24, 2.45) is 0 Å². The first-order valence-corrected chi connectivity index (χ1v) is 5.28. The Labute approximate surface area is 89.1 Å². The second kappa shape index (κ2) is 5.60. The molecule has 1 rings (SSSR count). The standard InChI is InChI=1S/C10H17N3O2/c1-3-5-10-9(7-15)11-12-13(10)8(4-2)6-14/h7-8,14H,3-6H2,1-2H3. The lowest BCUT2D eigenvalue weighted by molar-refractivity contribution is 0.111. The number of carbonyl (C=O) groups excluding carboxylic acids is 1. The van der Waals surface area contributed by atoms with Crippen molar-refractivity contribution in [2.45, 2.75) is 39.2 Å². The number of aliphatic hydroxyl groups is 1. The number of aldehydes is 1. The van der Waals surface area contributed by atoms with Crippen LogP contribution in [0.4, 0.5) is 0 Å². The van der Waals surface area contributed by atoms with Crippen LogP contribution in [-0.4, -0.2) is 33.0 Å². The normalized spacial score (nSPS) is 12.7. The van der Waals surface area contributed by atoms with Gasteiger partial charge in [0.05, 0.1) is 18.3 Å². The van der Waals surface area contributed by atoms with Crippen LogP contribution in [-0.2, 0) is 6.42 Å². The van der Waals surface area contributed by atoms with E-state index in [1.165, 1.54) is 0 Å². The predicted octanol–water partition coefficient (Wildman–Crippen LogP) is 0.986. The molecule has 0 aliphatic carbocycles. The Balaban J connectivity index is 3.05. The zero-order chi connectivity index (χ0) is 11.3. The Morgan fingerprint density at radius 3 is 2.73 bits per heavy atom. The molecular formula is C10H17N3O2. The summed E-state index contributed by atoms with van der Waals surface area (Å²) in [6.07, 6.45) is 3.18. The first-order chi connectivity index (χ1) is 7.28. The fourth-order valence-corrected chi connectivity index (χ4v) is 1.57. The van der Waals surface area contributed by atoms with Crippen molar-refractivity contribution in [2.75, 3.05) is 6.61 Å². The molecule has 1 heterocycles. The van der Waals surface area contributed by atoms with Crippen molar-refractivity contribution >= 4 is 6.29 Å². The maximum Gasteiger partial charge on any atom is 0.172 e. The van der Waals surface area contributed by atoms with E-state index >= 15 is 0 Å². The van der Waals surface area contributed by atoms with Crippen molar-refractivity contribution in [3.05, 3.63) is 11.4 Å². The molecule has 84 valence electrons. The molecule has 1 aromatic rings. The van der Waals surface area contributed by atoms with Crippen LogP contribution in [0.15, 0.2) is 0 Å². The molecule has 0 spiro atoms. The lowest BCUT2D eigenvalue weighted by Gasteiger charge is -2.14. The van der Waals surface area contributed by atoms with Crippen LogP contribution in [0.3, 0.4) is 0 Å². The van der Waals surface area contributed by atoms with Gasteiger partial charge < -0.3 is 5.11 Å². The number of carbonyl (C=O) groups is 1. The van der Waals surface area contributed by atoms with Gasteiger partial charge in [-0.15, -0.1) is 5.10 Å². The topological polar surface area (TPSA) is 68.0 Å². The van der Waals surface area contributed by atoms with E-state index in [0.717, 1.165) is 31.2 Å². The van der Waals surface area contributed by atoms with Crippen molar-refractivity contribution in [1.82, 2.24) is 15.0 Å². The number of rotatable bonds is 6. The molecule has 1 atom stereocenters. The molecule has 0 saturated heterocycles. The third-order valence-corrected chi connectivity index (χ3v) is 2.45. The molecule has 1 aromatic heterocycles. The highest BCUT2D eigenvalue weighted by Gasteiger charge is 2.17. The first-order valence-electron chi connectivity index (χ1n) is 5.28. The molecular weight excluding hydrogens is 194 g/mol. The van der Waals surface area contributed by atoms with Gasteiger partial charge in [-0.25, -0.2) is 4.68 Å². The highest BCUT2D eigenvalue weighted by molar-refractivity contribution is 5.73. The molecule has 0 fully saturated rings. The molecule has 0 bridgehead atoms. The summed E-state index contributed by atoms with van der Waals surface area (Å²) >= 11 is 0. The van der Waals surface area contributed by atoms with E-state index in [1.807, 2.05) is 13.8 Å². The number of hydrogen-bond donors (Lipinski definition) is 1. The molecule has 1 unspecified atom stereocenters. The smallest absolute Gasteiger partial charge is 0.172 e. The molecule has 1 N–H and O–H groups in total. The van der Waals surface area contributed by atoms with Crippen LogP contribution < -0.4 is 0 Å². The van der Waals surface area contributed by atoms with Crippen LogP contribution in [0.5, 0.6) is 0 Å². The molecule has 0 aliphatic heterocycles. The lowest BCUT2D eigenvalue weighted by atomic mass is 10.2. The minimum atomic E-state index is -0.0762. The summed E-state index contributed by atoms with van der Waals surface area (Å²) in [6.45, 7) is 4.03. The summed E-state index contributed by atoms with van der Waals surface area (Å²) in [5.41, 5.74) is 1.22. The molecule has 15 heavy (non-hydrogen) atoms. The minimum Gasteiger partial charge on any atom is -0.394 e. The molecule has 0 saturated carbocycles. The maximum absolute atomic E-state index is 10.7. The summed E-state index contributed by atoms with van der Waals surface area (Å²) < 4.78 is 1.67. The second-order valence-corrected chi connectivity index (χ2v) is 3.48. The van der Waals surface area contributed by atoms with E-state index in [1.54, 1.807) is 4.68 Å². The Morgan fingerprint density at radius 1 is 1.53 bits per heavy atom. The van der Waals surface area contributed by atoms with E-state index < -0.39 is 0 Å². The van der Waals surface area contributed by atoms with Crippen molar-refractivity contribution in [3.8, 4) is 0 Å². The van der Waals surface area contributed by atoms with E-state index in [-0.39, 0.29) is 12.6 Å². The summed E-state index contributed by atoms with van der Waals surface area (Å²) in [7, 11) is 0. The zero-order valence-corrected chi connectivity index (χ0v) is 9.18. The lowest BCUT2D eigenvalue weighted by Crippen LogP contribution is -2.17. The van der Waals surface area contributed by atoms with Gasteiger partial charge in [-0.3, -0.25) is 4.79 Å². The second-order valence-electron chi connectivity index (χ2n) is 3.48. The van der Waals surface area contributed by atoms with Gasteiger partial charge in [0.2, 0.25) is 0 Å². The maximum atomic E-state index is 10.7. The minimum absolute atomic E-state index is 0.0227. The van der Waals surface area contributed by atoms with Gasteiger partial charge in [0.1, 0.15) is 5.69 Å². The van der Waals surface area contributed by atoms with E-state index in [0.29, 0.717) is 5.69 Å². The number of aliphatic hydroxyl groups excluding tert-OH is 1. The van der Waals surface area contributed by atoms with Gasteiger partial charge in [-0.2, -0.15) is 0 Å². The average Bonchev–Trinajstić information content (AvgIpc) is 2.64. The van der Waals surface area contributed by atoms with Gasteiger partial charge in [0, 0.05) is 0 Å². The zero-order valence-electron chi connectivity index (χ0n) is 9.18. The average molecular weight is 211 g/mol. The predicted molar refractivity (Wildman–Crippen MR) is 55.8 cm³/mol. The quantitative estimate of drug-likeness (QED) is 0.712. The summed E-state index contributed by atoms with van der Waals surface area (Å²) in [4.78, 5) is 10.7. The molecule has 0 aromatic carbocycles. The molecule has 0 aliphatic rings. The highest BCUT2D eigenvalue weighted by Crippen LogP contribution is 2.15. The van der Waals surface area contributed by atoms with Crippen LogP contribution in [0, 0.1) is 0 Å². The Morgan fingerprint density at radius 2 is 2.27 bits per heavy atom. The Hall–Kier alpha value is -1.23. The SMILES string of the molecule is CCCc1c(C=O)nnn1C(CC)CO. The Bertz CT molecular complexity index is 318. The van der Waals surface area contributed by atoms with Crippen molar-refractivity contribution < 1.29 is 9.90 Å². The summed E-state index contributed by atoms with van der Waals surface area (Å²) in [5.74, 6) is 0. The van der Waals surface area contributed by atoms with Gasteiger partial charge in [-0.05, 0) is 12.8 Å². The molecule has 0 radical (unpaired) electrons. The van der Waals surface area contributed by atoms with Crippen molar-refractivity contribution in [1.29, 1.82) is 0 Å². The number of aromatic nitrogens is 3. The van der Waals surface area contributed by atoms with Crippen LogP contribution in [0.1, 0.15) is 48.9 Å². The van der Waals surface area contributed by atoms with Crippen molar-refractivity contribution in [3.63, 3.8) is 0 Å². The highest BCUT2D eigenvalue weighted by atomic mass is 16.3. The van der Waals surface area contributed by atoms with E-state index in [2.05, 4.69) is 10.3 Å². The summed E-state index contributed by atoms with van der Waals surface area (Å²) in [5, 5.41) is 16.9.